The molecule has 0 spiro atoms. The maximum atomic E-state index is 13.0. The Hall–Kier alpha value is -2.09. The van der Waals surface area contributed by atoms with Gasteiger partial charge in [0.1, 0.15) is 11.4 Å². The molecular weight excluding hydrogens is 263 g/mol. The van der Waals surface area contributed by atoms with Crippen LogP contribution in [0.4, 0.5) is 13.2 Å². The molecule has 0 aliphatic heterocycles. The summed E-state index contributed by atoms with van der Waals surface area (Å²) in [5, 5.41) is 15.7. The fourth-order valence-electron chi connectivity index (χ4n) is 1.63. The molecule has 1 aromatic carbocycles. The quantitative estimate of drug-likeness (QED) is 0.926. The Morgan fingerprint density at radius 1 is 1.37 bits per heavy atom. The van der Waals surface area contributed by atoms with Crippen LogP contribution >= 0.6 is 0 Å². The van der Waals surface area contributed by atoms with E-state index in [1.165, 1.54) is 25.3 Å². The second-order valence-corrected chi connectivity index (χ2v) is 3.65. The van der Waals surface area contributed by atoms with Crippen molar-refractivity contribution in [3.05, 3.63) is 35.7 Å². The normalized spacial score (nSPS) is 11.6. The van der Waals surface area contributed by atoms with E-state index in [9.17, 15) is 13.2 Å². The first-order valence-electron chi connectivity index (χ1n) is 5.24. The molecule has 0 aliphatic carbocycles. The number of hydrogen-bond donors (Lipinski definition) is 1. The number of rotatable bonds is 3. The topological polar surface area (TPSA) is 60.2 Å². The molecular formula is C11H10F3N3O2. The number of aliphatic hydroxyl groups excluding tert-OH is 1. The molecule has 19 heavy (non-hydrogen) atoms. The van der Waals surface area contributed by atoms with Crippen LogP contribution < -0.4 is 4.74 Å². The summed E-state index contributed by atoms with van der Waals surface area (Å²) in [6.45, 7) is -0.835. The Balaban J connectivity index is 2.59. The molecule has 1 heterocycles. The highest BCUT2D eigenvalue weighted by atomic mass is 19.4. The fourth-order valence-corrected chi connectivity index (χ4v) is 1.63. The lowest BCUT2D eigenvalue weighted by Crippen LogP contribution is -2.15. The van der Waals surface area contributed by atoms with E-state index in [1.807, 2.05) is 0 Å². The van der Waals surface area contributed by atoms with Crippen molar-refractivity contribution in [1.29, 1.82) is 0 Å². The molecule has 0 fully saturated rings. The van der Waals surface area contributed by atoms with E-state index in [4.69, 9.17) is 9.84 Å². The van der Waals surface area contributed by atoms with Crippen molar-refractivity contribution in [2.45, 2.75) is 12.8 Å². The first-order valence-corrected chi connectivity index (χ1v) is 5.24. The summed E-state index contributed by atoms with van der Waals surface area (Å²) >= 11 is 0. The van der Waals surface area contributed by atoms with Gasteiger partial charge >= 0.3 is 6.18 Å². The third-order valence-electron chi connectivity index (χ3n) is 2.46. The van der Waals surface area contributed by atoms with E-state index < -0.39 is 24.2 Å². The maximum Gasteiger partial charge on any atom is 0.435 e. The smallest absolute Gasteiger partial charge is 0.435 e. The largest absolute Gasteiger partial charge is 0.497 e. The van der Waals surface area contributed by atoms with Gasteiger partial charge in [-0.15, -0.1) is 5.10 Å². The predicted molar refractivity (Wildman–Crippen MR) is 58.8 cm³/mol. The lowest BCUT2D eigenvalue weighted by atomic mass is 10.2. The second-order valence-electron chi connectivity index (χ2n) is 3.65. The Morgan fingerprint density at radius 2 is 2.11 bits per heavy atom. The zero-order valence-corrected chi connectivity index (χ0v) is 9.85. The van der Waals surface area contributed by atoms with E-state index in [2.05, 4.69) is 10.3 Å². The molecule has 1 N–H and O–H groups in total. The van der Waals surface area contributed by atoms with Gasteiger partial charge in [0, 0.05) is 6.07 Å². The number of methoxy groups -OCH3 is 1. The van der Waals surface area contributed by atoms with Gasteiger partial charge in [0.25, 0.3) is 0 Å². The molecule has 2 rings (SSSR count). The van der Waals surface area contributed by atoms with Crippen molar-refractivity contribution < 1.29 is 23.0 Å². The zero-order valence-electron chi connectivity index (χ0n) is 9.85. The lowest BCUT2D eigenvalue weighted by molar-refractivity contribution is -0.143. The number of aliphatic hydroxyl groups is 1. The summed E-state index contributed by atoms with van der Waals surface area (Å²) in [5.74, 6) is 0.395. The summed E-state index contributed by atoms with van der Waals surface area (Å²) in [5.41, 5.74) is -1.46. The van der Waals surface area contributed by atoms with Gasteiger partial charge in [-0.3, -0.25) is 0 Å². The minimum Gasteiger partial charge on any atom is -0.497 e. The van der Waals surface area contributed by atoms with Crippen LogP contribution in [0.5, 0.6) is 5.75 Å². The lowest BCUT2D eigenvalue weighted by Gasteiger charge is -2.11. The van der Waals surface area contributed by atoms with Crippen LogP contribution in [0.2, 0.25) is 0 Å². The Kier molecular flexibility index (Phi) is 3.43. The van der Waals surface area contributed by atoms with Crippen molar-refractivity contribution in [1.82, 2.24) is 15.0 Å². The van der Waals surface area contributed by atoms with Gasteiger partial charge in [0.05, 0.1) is 19.4 Å². The first-order chi connectivity index (χ1) is 8.97. The van der Waals surface area contributed by atoms with Crippen LogP contribution in [-0.4, -0.2) is 27.2 Å². The number of benzene rings is 1. The van der Waals surface area contributed by atoms with Crippen molar-refractivity contribution in [3.8, 4) is 11.4 Å². The van der Waals surface area contributed by atoms with E-state index in [1.54, 1.807) is 6.07 Å². The number of alkyl halides is 3. The molecule has 0 bridgehead atoms. The fraction of sp³-hybridized carbons (Fsp3) is 0.273. The molecule has 0 amide bonds. The average Bonchev–Trinajstić information content (AvgIpc) is 2.82. The van der Waals surface area contributed by atoms with Crippen molar-refractivity contribution >= 4 is 0 Å². The van der Waals surface area contributed by atoms with Crippen LogP contribution in [-0.2, 0) is 12.8 Å². The van der Waals surface area contributed by atoms with Crippen LogP contribution in [0.15, 0.2) is 24.3 Å². The highest BCUT2D eigenvalue weighted by Gasteiger charge is 2.39. The molecule has 5 nitrogen and oxygen atoms in total. The minimum absolute atomic E-state index is 0.152. The Labute approximate surface area is 106 Å². The van der Waals surface area contributed by atoms with Crippen LogP contribution in [0, 0.1) is 0 Å². The number of halogens is 3. The van der Waals surface area contributed by atoms with Gasteiger partial charge in [-0.05, 0) is 12.1 Å². The maximum absolute atomic E-state index is 13.0. The Bertz CT molecular complexity index is 581. The summed E-state index contributed by atoms with van der Waals surface area (Å²) in [6, 6.07) is 5.97. The first kappa shape index (κ1) is 13.3. The number of hydrogen-bond acceptors (Lipinski definition) is 4. The van der Waals surface area contributed by atoms with Gasteiger partial charge in [-0.25, -0.2) is 4.68 Å². The SMILES string of the molecule is COc1cccc(-n2nnc(CO)c2C(F)(F)F)c1. The molecule has 0 atom stereocenters. The molecule has 0 unspecified atom stereocenters. The average molecular weight is 273 g/mol. The molecule has 102 valence electrons. The molecule has 0 saturated heterocycles. The summed E-state index contributed by atoms with van der Waals surface area (Å²) < 4.78 is 44.4. The van der Waals surface area contributed by atoms with Gasteiger partial charge in [0.15, 0.2) is 5.69 Å². The van der Waals surface area contributed by atoms with Crippen LogP contribution in [0.25, 0.3) is 5.69 Å². The van der Waals surface area contributed by atoms with E-state index in [0.29, 0.717) is 10.4 Å². The van der Waals surface area contributed by atoms with Gasteiger partial charge in [0.2, 0.25) is 0 Å². The zero-order chi connectivity index (χ0) is 14.0. The van der Waals surface area contributed by atoms with E-state index >= 15 is 0 Å². The number of nitrogens with zero attached hydrogens (tertiary/aromatic N) is 3. The standard InChI is InChI=1S/C11H10F3N3O2/c1-19-8-4-2-3-7(5-8)17-10(11(12,13)14)9(6-18)15-16-17/h2-5,18H,6H2,1H3. The summed E-state index contributed by atoms with van der Waals surface area (Å²) in [7, 11) is 1.41. The third kappa shape index (κ3) is 2.53. The minimum atomic E-state index is -4.66. The number of aromatic nitrogens is 3. The van der Waals surface area contributed by atoms with E-state index in [-0.39, 0.29) is 5.69 Å². The summed E-state index contributed by atoms with van der Waals surface area (Å²) in [6.07, 6.45) is -4.66. The van der Waals surface area contributed by atoms with Crippen molar-refractivity contribution in [3.63, 3.8) is 0 Å². The molecule has 0 aliphatic rings. The second kappa shape index (κ2) is 4.88. The highest BCUT2D eigenvalue weighted by Crippen LogP contribution is 2.33. The predicted octanol–water partition coefficient (Wildman–Crippen LogP) is 1.79. The highest BCUT2D eigenvalue weighted by molar-refractivity contribution is 5.40. The van der Waals surface area contributed by atoms with Gasteiger partial charge in [-0.1, -0.05) is 11.3 Å². The van der Waals surface area contributed by atoms with Crippen molar-refractivity contribution in [2.75, 3.05) is 7.11 Å². The summed E-state index contributed by atoms with van der Waals surface area (Å²) in [4.78, 5) is 0. The molecule has 8 heteroatoms. The van der Waals surface area contributed by atoms with Gasteiger partial charge < -0.3 is 9.84 Å². The van der Waals surface area contributed by atoms with Crippen LogP contribution in [0.1, 0.15) is 11.4 Å². The van der Waals surface area contributed by atoms with Crippen LogP contribution in [0.3, 0.4) is 0 Å². The van der Waals surface area contributed by atoms with Gasteiger partial charge in [-0.2, -0.15) is 13.2 Å². The molecule has 0 saturated carbocycles. The molecule has 1 aromatic heterocycles. The molecule has 0 radical (unpaired) electrons. The molecule has 2 aromatic rings. The van der Waals surface area contributed by atoms with Crippen molar-refractivity contribution in [2.24, 2.45) is 0 Å². The number of ether oxygens (including phenoxy) is 1. The third-order valence-corrected chi connectivity index (χ3v) is 2.46. The Morgan fingerprint density at radius 3 is 2.68 bits per heavy atom. The monoisotopic (exact) mass is 273 g/mol. The van der Waals surface area contributed by atoms with E-state index in [0.717, 1.165) is 0 Å².